The van der Waals surface area contributed by atoms with Gasteiger partial charge in [0, 0.05) is 12.1 Å². The van der Waals surface area contributed by atoms with Crippen molar-refractivity contribution < 1.29 is 5.11 Å². The number of aliphatic hydroxyl groups is 1. The molecule has 0 bridgehead atoms. The summed E-state index contributed by atoms with van der Waals surface area (Å²) in [4.78, 5) is 5.44. The smallest absolute Gasteiger partial charge is 0.145 e. The molecule has 1 aliphatic rings. The number of aliphatic hydroxyl groups excluding tert-OH is 1. The van der Waals surface area contributed by atoms with Gasteiger partial charge in [0.2, 0.25) is 0 Å². The molecule has 1 saturated carbocycles. The quantitative estimate of drug-likeness (QED) is 0.724. The molecule has 0 radical (unpaired) electrons. The van der Waals surface area contributed by atoms with Gasteiger partial charge in [0.05, 0.1) is 16.1 Å². The molecule has 0 atom stereocenters. The molecule has 1 aromatic rings. The lowest BCUT2D eigenvalue weighted by Gasteiger charge is -2.27. The summed E-state index contributed by atoms with van der Waals surface area (Å²) in [6.45, 7) is 1.97. The van der Waals surface area contributed by atoms with Gasteiger partial charge in [-0.05, 0) is 38.7 Å². The van der Waals surface area contributed by atoms with Crippen LogP contribution in [0.15, 0.2) is 6.26 Å². The van der Waals surface area contributed by atoms with Gasteiger partial charge in [0.1, 0.15) is 5.82 Å². The number of hydrogen-bond donors (Lipinski definition) is 3. The van der Waals surface area contributed by atoms with E-state index in [1.54, 1.807) is 17.4 Å². The third-order valence-electron chi connectivity index (χ3n) is 3.10. The lowest BCUT2D eigenvalue weighted by Crippen LogP contribution is -2.33. The molecule has 0 unspecified atom stereocenters. The zero-order valence-electron chi connectivity index (χ0n) is 10.0. The fraction of sp³-hybridized carbons (Fsp3) is 0.583. The highest BCUT2D eigenvalue weighted by molar-refractivity contribution is 7.13. The molecular formula is C12H19N3OS. The number of aromatic nitrogens is 1. The zero-order valence-corrected chi connectivity index (χ0v) is 10.8. The maximum atomic E-state index is 8.85. The summed E-state index contributed by atoms with van der Waals surface area (Å²) in [5.41, 5.74) is 5.89. The van der Waals surface area contributed by atoms with Crippen molar-refractivity contribution in [2.45, 2.75) is 44.7 Å². The second-order valence-corrected chi connectivity index (χ2v) is 5.75. The Morgan fingerprint density at radius 3 is 2.76 bits per heavy atom. The van der Waals surface area contributed by atoms with E-state index >= 15 is 0 Å². The Kier molecular flexibility index (Phi) is 4.02. The Labute approximate surface area is 106 Å². The largest absolute Gasteiger partial charge is 0.516 e. The number of aryl methyl sites for hydroxylation is 1. The maximum absolute atomic E-state index is 8.85. The van der Waals surface area contributed by atoms with Crippen LogP contribution < -0.4 is 11.1 Å². The second kappa shape index (κ2) is 5.51. The highest BCUT2D eigenvalue weighted by Crippen LogP contribution is 2.27. The molecule has 0 aliphatic heterocycles. The normalized spacial score (nSPS) is 25.3. The van der Waals surface area contributed by atoms with Gasteiger partial charge >= 0.3 is 0 Å². The Balaban J connectivity index is 2.02. The van der Waals surface area contributed by atoms with Gasteiger partial charge in [-0.25, -0.2) is 4.98 Å². The number of anilines is 1. The van der Waals surface area contributed by atoms with E-state index < -0.39 is 0 Å². The average molecular weight is 253 g/mol. The molecule has 94 valence electrons. The molecule has 1 heterocycles. The molecule has 1 fully saturated rings. The first kappa shape index (κ1) is 12.4. The summed E-state index contributed by atoms with van der Waals surface area (Å²) in [5.74, 6) is 0.887. The van der Waals surface area contributed by atoms with E-state index in [1.165, 1.54) is 0 Å². The molecule has 1 aromatic heterocycles. The molecule has 4 nitrogen and oxygen atoms in total. The summed E-state index contributed by atoms with van der Waals surface area (Å²) >= 11 is 1.58. The Morgan fingerprint density at radius 2 is 2.12 bits per heavy atom. The number of nitrogens with zero attached hydrogens (tertiary/aromatic N) is 1. The first-order valence-corrected chi connectivity index (χ1v) is 6.81. The van der Waals surface area contributed by atoms with Crippen molar-refractivity contribution in [3.8, 4) is 0 Å². The SMILES string of the molecule is Cc1nc(NC2CCC(N)CC2)c(C=CO)s1. The van der Waals surface area contributed by atoms with Gasteiger partial charge in [0.25, 0.3) is 0 Å². The number of nitrogens with one attached hydrogen (secondary N) is 1. The minimum absolute atomic E-state index is 0.363. The maximum Gasteiger partial charge on any atom is 0.145 e. The highest BCUT2D eigenvalue weighted by atomic mass is 32.1. The minimum Gasteiger partial charge on any atom is -0.516 e. The zero-order chi connectivity index (χ0) is 12.3. The molecule has 2 rings (SSSR count). The van der Waals surface area contributed by atoms with Crippen molar-refractivity contribution in [2.75, 3.05) is 5.32 Å². The van der Waals surface area contributed by atoms with Gasteiger partial charge in [-0.1, -0.05) is 0 Å². The second-order valence-electron chi connectivity index (χ2n) is 4.52. The summed E-state index contributed by atoms with van der Waals surface area (Å²) in [6.07, 6.45) is 7.09. The Bertz CT molecular complexity index is 394. The van der Waals surface area contributed by atoms with Gasteiger partial charge in [-0.15, -0.1) is 11.3 Å². The van der Waals surface area contributed by atoms with Crippen LogP contribution in [0, 0.1) is 6.92 Å². The minimum atomic E-state index is 0.363. The highest BCUT2D eigenvalue weighted by Gasteiger charge is 2.19. The fourth-order valence-corrected chi connectivity index (χ4v) is 2.97. The molecular weight excluding hydrogens is 234 g/mol. The molecule has 17 heavy (non-hydrogen) atoms. The van der Waals surface area contributed by atoms with Crippen molar-refractivity contribution in [1.82, 2.24) is 4.98 Å². The first-order valence-electron chi connectivity index (χ1n) is 5.99. The molecule has 0 saturated heterocycles. The van der Waals surface area contributed by atoms with Crippen LogP contribution in [0.4, 0.5) is 5.82 Å². The fourth-order valence-electron chi connectivity index (χ4n) is 2.18. The van der Waals surface area contributed by atoms with E-state index in [9.17, 15) is 0 Å². The molecule has 5 heteroatoms. The summed E-state index contributed by atoms with van der Waals surface area (Å²) < 4.78 is 0. The number of rotatable bonds is 3. The first-order chi connectivity index (χ1) is 8.19. The van der Waals surface area contributed by atoms with E-state index in [2.05, 4.69) is 10.3 Å². The van der Waals surface area contributed by atoms with Gasteiger partial charge in [-0.2, -0.15) is 0 Å². The molecule has 0 amide bonds. The molecule has 0 aromatic carbocycles. The molecule has 4 N–H and O–H groups in total. The van der Waals surface area contributed by atoms with Crippen molar-refractivity contribution >= 4 is 23.2 Å². The van der Waals surface area contributed by atoms with Gasteiger partial charge in [0.15, 0.2) is 0 Å². The van der Waals surface area contributed by atoms with E-state index in [0.717, 1.165) is 47.6 Å². The summed E-state index contributed by atoms with van der Waals surface area (Å²) in [7, 11) is 0. The Hall–Kier alpha value is -1.07. The molecule has 1 aliphatic carbocycles. The predicted molar refractivity (Wildman–Crippen MR) is 72.4 cm³/mol. The van der Waals surface area contributed by atoms with E-state index in [0.29, 0.717) is 12.1 Å². The average Bonchev–Trinajstić information content (AvgIpc) is 2.63. The third-order valence-corrected chi connectivity index (χ3v) is 4.03. The van der Waals surface area contributed by atoms with Crippen molar-refractivity contribution in [1.29, 1.82) is 0 Å². The van der Waals surface area contributed by atoms with Crippen LogP contribution in [-0.4, -0.2) is 22.2 Å². The topological polar surface area (TPSA) is 71.2 Å². The standard InChI is InChI=1S/C12H19N3OS/c1-8-14-12(11(17-8)6-7-16)15-10-4-2-9(13)3-5-10/h6-7,9-10,15-16H,2-5,13H2,1H3. The van der Waals surface area contributed by atoms with Crippen molar-refractivity contribution in [2.24, 2.45) is 5.73 Å². The number of nitrogens with two attached hydrogens (primary N) is 1. The van der Waals surface area contributed by atoms with Gasteiger partial charge in [-0.3, -0.25) is 0 Å². The van der Waals surface area contributed by atoms with Crippen LogP contribution in [0.1, 0.15) is 35.6 Å². The predicted octanol–water partition coefficient (Wildman–Crippen LogP) is 2.66. The van der Waals surface area contributed by atoms with Crippen LogP contribution >= 0.6 is 11.3 Å². The lowest BCUT2D eigenvalue weighted by atomic mass is 9.92. The van der Waals surface area contributed by atoms with E-state index in [1.807, 2.05) is 6.92 Å². The lowest BCUT2D eigenvalue weighted by molar-refractivity contribution is 0.410. The van der Waals surface area contributed by atoms with Crippen LogP contribution in [0.3, 0.4) is 0 Å². The monoisotopic (exact) mass is 253 g/mol. The van der Waals surface area contributed by atoms with Gasteiger partial charge < -0.3 is 16.2 Å². The van der Waals surface area contributed by atoms with Crippen LogP contribution in [-0.2, 0) is 0 Å². The van der Waals surface area contributed by atoms with Crippen LogP contribution in [0.5, 0.6) is 0 Å². The van der Waals surface area contributed by atoms with Crippen LogP contribution in [0.2, 0.25) is 0 Å². The molecule has 0 spiro atoms. The van der Waals surface area contributed by atoms with Crippen molar-refractivity contribution in [3.63, 3.8) is 0 Å². The summed E-state index contributed by atoms with van der Waals surface area (Å²) in [6, 6.07) is 0.823. The number of thiazole rings is 1. The third kappa shape index (κ3) is 3.20. The Morgan fingerprint density at radius 1 is 1.41 bits per heavy atom. The van der Waals surface area contributed by atoms with Crippen molar-refractivity contribution in [3.05, 3.63) is 16.1 Å². The van der Waals surface area contributed by atoms with E-state index in [-0.39, 0.29) is 0 Å². The number of hydrogen-bond acceptors (Lipinski definition) is 5. The van der Waals surface area contributed by atoms with Crippen LogP contribution in [0.25, 0.3) is 6.08 Å². The van der Waals surface area contributed by atoms with E-state index in [4.69, 9.17) is 10.8 Å². The summed E-state index contributed by atoms with van der Waals surface area (Å²) in [5, 5.41) is 13.3.